The van der Waals surface area contributed by atoms with E-state index in [1.807, 2.05) is 26.0 Å². The van der Waals surface area contributed by atoms with Gasteiger partial charge in [-0.15, -0.1) is 0 Å². The molecule has 0 aromatic heterocycles. The van der Waals surface area contributed by atoms with Crippen LogP contribution in [-0.2, 0) is 0 Å². The Bertz CT molecular complexity index is 1230. The minimum atomic E-state index is 0.0395. The summed E-state index contributed by atoms with van der Waals surface area (Å²) in [6, 6.07) is 21.1. The molecular formula is C36H56N6O. The minimum absolute atomic E-state index is 0.0395. The molecule has 7 heteroatoms. The van der Waals surface area contributed by atoms with E-state index in [0.29, 0.717) is 13.2 Å². The first-order chi connectivity index (χ1) is 20.9. The Morgan fingerprint density at radius 3 is 2.00 bits per heavy atom. The molecule has 0 bridgehead atoms. The number of nitrogens with zero attached hydrogens (tertiary/aromatic N) is 1. The second-order valence-corrected chi connectivity index (χ2v) is 11.5. The Morgan fingerprint density at radius 1 is 0.791 bits per heavy atom. The highest BCUT2D eigenvalue weighted by Crippen LogP contribution is 2.40. The smallest absolute Gasteiger partial charge is 0.123 e. The number of anilines is 4. The molecule has 0 fully saturated rings. The number of fused-ring (bicyclic) bond motifs is 2. The molecule has 236 valence electrons. The molecule has 2 aliphatic heterocycles. The summed E-state index contributed by atoms with van der Waals surface area (Å²) >= 11 is 0. The van der Waals surface area contributed by atoms with E-state index in [9.17, 15) is 0 Å². The van der Waals surface area contributed by atoms with Gasteiger partial charge in [0.2, 0.25) is 0 Å². The maximum atomic E-state index is 5.70. The lowest BCUT2D eigenvalue weighted by Gasteiger charge is -2.17. The summed E-state index contributed by atoms with van der Waals surface area (Å²) in [5, 5.41) is 14.3. The van der Waals surface area contributed by atoms with Gasteiger partial charge in [-0.3, -0.25) is 0 Å². The lowest BCUT2D eigenvalue weighted by atomic mass is 10.1. The molecule has 0 saturated heterocycles. The molecule has 5 rings (SSSR count). The lowest BCUT2D eigenvalue weighted by molar-refractivity contribution is 0.303. The van der Waals surface area contributed by atoms with Crippen LogP contribution in [0.1, 0.15) is 89.3 Å². The molecule has 43 heavy (non-hydrogen) atoms. The van der Waals surface area contributed by atoms with E-state index >= 15 is 0 Å². The summed E-state index contributed by atoms with van der Waals surface area (Å²) in [5.74, 6) is 1.77. The van der Waals surface area contributed by atoms with Gasteiger partial charge in [0.25, 0.3) is 0 Å². The Kier molecular flexibility index (Phi) is 14.0. The van der Waals surface area contributed by atoms with E-state index in [4.69, 9.17) is 10.5 Å². The molecular weight excluding hydrogens is 532 g/mol. The first-order valence-corrected chi connectivity index (χ1v) is 16.3. The second kappa shape index (κ2) is 17.6. The third-order valence-corrected chi connectivity index (χ3v) is 7.89. The molecule has 0 aliphatic carbocycles. The molecule has 0 amide bonds. The number of hydrogen-bond acceptors (Lipinski definition) is 7. The zero-order valence-electron chi connectivity index (χ0n) is 27.6. The van der Waals surface area contributed by atoms with Crippen molar-refractivity contribution in [2.45, 2.75) is 79.6 Å². The van der Waals surface area contributed by atoms with Crippen molar-refractivity contribution in [1.82, 2.24) is 4.90 Å². The number of benzene rings is 3. The summed E-state index contributed by atoms with van der Waals surface area (Å²) in [6.45, 7) is 16.8. The van der Waals surface area contributed by atoms with Gasteiger partial charge >= 0.3 is 0 Å². The number of hydrogen-bond donors (Lipinski definition) is 5. The Balaban J connectivity index is 0.000000332. The van der Waals surface area contributed by atoms with Crippen LogP contribution in [0.3, 0.4) is 0 Å². The number of aryl methyl sites for hydroxylation is 1. The van der Waals surface area contributed by atoms with Crippen molar-refractivity contribution in [3.8, 4) is 5.75 Å². The predicted molar refractivity (Wildman–Crippen MR) is 186 cm³/mol. The fourth-order valence-electron chi connectivity index (χ4n) is 5.09. The summed E-state index contributed by atoms with van der Waals surface area (Å²) in [7, 11) is 2.21. The van der Waals surface area contributed by atoms with E-state index in [0.717, 1.165) is 40.8 Å². The average molecular weight is 589 g/mol. The van der Waals surface area contributed by atoms with Gasteiger partial charge in [-0.1, -0.05) is 65.3 Å². The van der Waals surface area contributed by atoms with Crippen molar-refractivity contribution in [2.75, 3.05) is 54.6 Å². The van der Waals surface area contributed by atoms with E-state index in [1.165, 1.54) is 49.0 Å². The van der Waals surface area contributed by atoms with Gasteiger partial charge in [0.1, 0.15) is 18.1 Å². The van der Waals surface area contributed by atoms with Gasteiger partial charge in [0, 0.05) is 0 Å². The quantitative estimate of drug-likeness (QED) is 0.135. The molecule has 3 unspecified atom stereocenters. The minimum Gasteiger partial charge on any atom is -0.494 e. The number of nitrogens with one attached hydrogen (secondary N) is 4. The van der Waals surface area contributed by atoms with Crippen LogP contribution in [-0.4, -0.2) is 38.2 Å². The van der Waals surface area contributed by atoms with Crippen LogP contribution >= 0.6 is 0 Å². The highest BCUT2D eigenvalue weighted by atomic mass is 16.5. The zero-order chi connectivity index (χ0) is 31.2. The monoisotopic (exact) mass is 588 g/mol. The lowest BCUT2D eigenvalue weighted by Crippen LogP contribution is -2.21. The first-order valence-electron chi connectivity index (χ1n) is 16.3. The van der Waals surface area contributed by atoms with Crippen LogP contribution in [0.2, 0.25) is 0 Å². The Labute approximate surface area is 261 Å². The van der Waals surface area contributed by atoms with Gasteiger partial charge in [-0.05, 0) is 112 Å². The zero-order valence-corrected chi connectivity index (χ0v) is 27.6. The molecule has 6 N–H and O–H groups in total. The molecule has 2 aliphatic rings. The van der Waals surface area contributed by atoms with E-state index in [1.54, 1.807) is 0 Å². The van der Waals surface area contributed by atoms with Crippen LogP contribution in [0.25, 0.3) is 0 Å². The van der Waals surface area contributed by atoms with Crippen molar-refractivity contribution in [2.24, 2.45) is 11.7 Å². The van der Waals surface area contributed by atoms with E-state index < -0.39 is 0 Å². The van der Waals surface area contributed by atoms with Gasteiger partial charge in [0.05, 0.1) is 29.4 Å². The molecule has 0 radical (unpaired) electrons. The fourth-order valence-corrected chi connectivity index (χ4v) is 5.09. The van der Waals surface area contributed by atoms with Crippen LogP contribution in [0.4, 0.5) is 22.7 Å². The van der Waals surface area contributed by atoms with Crippen molar-refractivity contribution < 1.29 is 4.74 Å². The fraction of sp³-hybridized carbons (Fsp3) is 0.500. The molecule has 2 heterocycles. The van der Waals surface area contributed by atoms with Gasteiger partial charge < -0.3 is 36.6 Å². The maximum Gasteiger partial charge on any atom is 0.123 e. The third kappa shape index (κ3) is 10.1. The number of rotatable bonds is 12. The maximum absolute atomic E-state index is 5.70. The molecule has 7 nitrogen and oxygen atoms in total. The predicted octanol–water partition coefficient (Wildman–Crippen LogP) is 8.59. The second-order valence-electron chi connectivity index (χ2n) is 11.5. The van der Waals surface area contributed by atoms with Crippen molar-refractivity contribution >= 4 is 22.7 Å². The number of ether oxygens (including phenoxy) is 1. The SMILES string of the molecule is CC.CCCN(C)CCC(C)CC.Cc1ccc2c(c1)NC(c1ccc3c(c1)NC(c1ccc(OCCCN)cc1)N3)N2. The van der Waals surface area contributed by atoms with Gasteiger partial charge in [-0.2, -0.15) is 0 Å². The van der Waals surface area contributed by atoms with Crippen LogP contribution in [0.5, 0.6) is 5.75 Å². The van der Waals surface area contributed by atoms with E-state index in [-0.39, 0.29) is 12.3 Å². The summed E-state index contributed by atoms with van der Waals surface area (Å²) in [5.41, 5.74) is 13.6. The highest BCUT2D eigenvalue weighted by Gasteiger charge is 2.25. The van der Waals surface area contributed by atoms with Crippen molar-refractivity contribution in [3.05, 3.63) is 77.4 Å². The average Bonchev–Trinajstić information content (AvgIpc) is 3.65. The largest absolute Gasteiger partial charge is 0.494 e. The summed E-state index contributed by atoms with van der Waals surface area (Å²) in [6.07, 6.45) is 4.92. The number of nitrogens with two attached hydrogens (primary N) is 1. The molecule has 3 aromatic rings. The molecule has 0 saturated carbocycles. The first kappa shape index (κ1) is 34.1. The van der Waals surface area contributed by atoms with Gasteiger partial charge in [-0.25, -0.2) is 0 Å². The van der Waals surface area contributed by atoms with Gasteiger partial charge in [0.15, 0.2) is 0 Å². The third-order valence-electron chi connectivity index (χ3n) is 7.89. The van der Waals surface area contributed by atoms with Crippen LogP contribution < -0.4 is 31.7 Å². The summed E-state index contributed by atoms with van der Waals surface area (Å²) in [4.78, 5) is 2.42. The topological polar surface area (TPSA) is 86.6 Å². The Hall–Kier alpha value is -3.42. The highest BCUT2D eigenvalue weighted by molar-refractivity contribution is 5.79. The molecule has 3 atom stereocenters. The van der Waals surface area contributed by atoms with E-state index in [2.05, 4.69) is 109 Å². The normalized spacial score (nSPS) is 16.6. The van der Waals surface area contributed by atoms with Crippen molar-refractivity contribution in [1.29, 1.82) is 0 Å². The molecule has 0 spiro atoms. The standard InChI is InChI=1S/C24H27N5O.C10H23N.C2H6/c1-15-3-9-19-21(13-15)28-24(27-19)17-6-10-20-22(14-17)29-23(26-20)16-4-7-18(8-5-16)30-12-2-11-25;1-5-8-11(4)9-7-10(3)6-2;1-2/h3-10,13-14,23-24,26-29H,2,11-12,25H2,1H3;10H,5-9H2,1-4H3;1-2H3. The summed E-state index contributed by atoms with van der Waals surface area (Å²) < 4.78 is 5.70. The Morgan fingerprint density at radius 2 is 1.37 bits per heavy atom. The van der Waals surface area contributed by atoms with Crippen LogP contribution in [0.15, 0.2) is 60.7 Å². The van der Waals surface area contributed by atoms with Crippen LogP contribution in [0, 0.1) is 12.8 Å². The molecule has 3 aromatic carbocycles. The van der Waals surface area contributed by atoms with Crippen molar-refractivity contribution in [3.63, 3.8) is 0 Å².